The Morgan fingerprint density at radius 3 is 2.93 bits per heavy atom. The fraction of sp³-hybridized carbons (Fsp3) is 0.364. The summed E-state index contributed by atoms with van der Waals surface area (Å²) in [5.41, 5.74) is 1.27. The van der Waals surface area contributed by atoms with Crippen LogP contribution in [0.4, 0.5) is 5.69 Å². The highest BCUT2D eigenvalue weighted by Gasteiger charge is 2.06. The maximum absolute atomic E-state index is 8.87. The van der Waals surface area contributed by atoms with Gasteiger partial charge in [-0.05, 0) is 31.5 Å². The minimum atomic E-state index is 0.112. The summed E-state index contributed by atoms with van der Waals surface area (Å²) in [4.78, 5) is 0. The molecule has 1 aromatic rings. The van der Waals surface area contributed by atoms with E-state index in [9.17, 15) is 0 Å². The molecule has 80 valence electrons. The van der Waals surface area contributed by atoms with E-state index in [1.54, 1.807) is 18.2 Å². The third-order valence-electron chi connectivity index (χ3n) is 2.07. The lowest BCUT2D eigenvalue weighted by Gasteiger charge is -2.15. The second-order valence-electron chi connectivity index (χ2n) is 3.36. The SMILES string of the molecule is CC(CCO)Nc1cc(Cl)ccc1C#N. The molecule has 0 bridgehead atoms. The largest absolute Gasteiger partial charge is 0.396 e. The fourth-order valence-corrected chi connectivity index (χ4v) is 1.44. The van der Waals surface area contributed by atoms with Gasteiger partial charge in [-0.2, -0.15) is 5.26 Å². The molecule has 1 rings (SSSR count). The molecule has 0 heterocycles. The summed E-state index contributed by atoms with van der Waals surface area (Å²) in [6.07, 6.45) is 0.636. The quantitative estimate of drug-likeness (QED) is 0.826. The Bertz CT molecular complexity index is 373. The molecule has 0 spiro atoms. The molecule has 1 aromatic carbocycles. The molecule has 0 aromatic heterocycles. The van der Waals surface area contributed by atoms with E-state index < -0.39 is 0 Å². The normalized spacial score (nSPS) is 11.9. The monoisotopic (exact) mass is 224 g/mol. The summed E-state index contributed by atoms with van der Waals surface area (Å²) < 4.78 is 0. The molecule has 0 saturated carbocycles. The lowest BCUT2D eigenvalue weighted by molar-refractivity contribution is 0.282. The summed E-state index contributed by atoms with van der Waals surface area (Å²) in [6, 6.07) is 7.27. The molecule has 0 aliphatic carbocycles. The van der Waals surface area contributed by atoms with Crippen molar-refractivity contribution in [2.45, 2.75) is 19.4 Å². The van der Waals surface area contributed by atoms with E-state index in [-0.39, 0.29) is 12.6 Å². The zero-order valence-electron chi connectivity index (χ0n) is 8.50. The molecule has 1 unspecified atom stereocenters. The summed E-state index contributed by atoms with van der Waals surface area (Å²) >= 11 is 5.84. The number of aliphatic hydroxyl groups excluding tert-OH is 1. The minimum Gasteiger partial charge on any atom is -0.396 e. The predicted octanol–water partition coefficient (Wildman–Crippen LogP) is 2.39. The van der Waals surface area contributed by atoms with Gasteiger partial charge in [0.25, 0.3) is 0 Å². The second kappa shape index (κ2) is 5.59. The lowest BCUT2D eigenvalue weighted by Crippen LogP contribution is -2.17. The van der Waals surface area contributed by atoms with Gasteiger partial charge in [-0.1, -0.05) is 11.6 Å². The number of anilines is 1. The maximum atomic E-state index is 8.87. The Morgan fingerprint density at radius 2 is 2.33 bits per heavy atom. The molecule has 3 nitrogen and oxygen atoms in total. The van der Waals surface area contributed by atoms with Gasteiger partial charge in [0.15, 0.2) is 0 Å². The Kier molecular flexibility index (Phi) is 4.41. The van der Waals surface area contributed by atoms with Crippen molar-refractivity contribution in [3.8, 4) is 6.07 Å². The number of hydrogen-bond acceptors (Lipinski definition) is 3. The van der Waals surface area contributed by atoms with Gasteiger partial charge in [-0.15, -0.1) is 0 Å². The highest BCUT2D eigenvalue weighted by molar-refractivity contribution is 6.30. The Labute approximate surface area is 94.3 Å². The molecule has 1 atom stereocenters. The smallest absolute Gasteiger partial charge is 0.101 e. The molecule has 15 heavy (non-hydrogen) atoms. The van der Waals surface area contributed by atoms with Gasteiger partial charge >= 0.3 is 0 Å². The van der Waals surface area contributed by atoms with Gasteiger partial charge in [0.1, 0.15) is 6.07 Å². The molecular formula is C11H13ClN2O. The molecule has 0 radical (unpaired) electrons. The van der Waals surface area contributed by atoms with Crippen LogP contribution in [-0.2, 0) is 0 Å². The Morgan fingerprint density at radius 1 is 1.60 bits per heavy atom. The first-order chi connectivity index (χ1) is 7.17. The summed E-state index contributed by atoms with van der Waals surface area (Å²) in [6.45, 7) is 2.06. The topological polar surface area (TPSA) is 56.0 Å². The number of rotatable bonds is 4. The standard InChI is InChI=1S/C11H13ClN2O/c1-8(4-5-15)14-11-6-10(12)3-2-9(11)7-13/h2-3,6,8,14-15H,4-5H2,1H3. The van der Waals surface area contributed by atoms with E-state index in [4.69, 9.17) is 22.0 Å². The van der Waals surface area contributed by atoms with Gasteiger partial charge < -0.3 is 10.4 Å². The highest BCUT2D eigenvalue weighted by atomic mass is 35.5. The van der Waals surface area contributed by atoms with Crippen molar-refractivity contribution in [1.29, 1.82) is 5.26 Å². The summed E-state index contributed by atoms with van der Waals surface area (Å²) in [7, 11) is 0. The first-order valence-corrected chi connectivity index (χ1v) is 5.12. The first-order valence-electron chi connectivity index (χ1n) is 4.74. The van der Waals surface area contributed by atoms with Crippen LogP contribution in [0, 0.1) is 11.3 Å². The predicted molar refractivity (Wildman–Crippen MR) is 61.0 cm³/mol. The van der Waals surface area contributed by atoms with Crippen molar-refractivity contribution in [1.82, 2.24) is 0 Å². The van der Waals surface area contributed by atoms with E-state index in [2.05, 4.69) is 11.4 Å². The lowest BCUT2D eigenvalue weighted by atomic mass is 10.1. The van der Waals surface area contributed by atoms with Crippen LogP contribution in [0.25, 0.3) is 0 Å². The van der Waals surface area contributed by atoms with Gasteiger partial charge in [0.2, 0.25) is 0 Å². The number of nitrogens with zero attached hydrogens (tertiary/aromatic N) is 1. The number of nitrogens with one attached hydrogen (secondary N) is 1. The van der Waals surface area contributed by atoms with Crippen molar-refractivity contribution in [2.75, 3.05) is 11.9 Å². The van der Waals surface area contributed by atoms with Crippen LogP contribution in [0.3, 0.4) is 0 Å². The van der Waals surface area contributed by atoms with Crippen LogP contribution in [0.1, 0.15) is 18.9 Å². The van der Waals surface area contributed by atoms with Crippen LogP contribution < -0.4 is 5.32 Å². The van der Waals surface area contributed by atoms with E-state index in [0.29, 0.717) is 22.7 Å². The fourth-order valence-electron chi connectivity index (χ4n) is 1.26. The number of halogens is 1. The zero-order chi connectivity index (χ0) is 11.3. The first kappa shape index (κ1) is 11.8. The highest BCUT2D eigenvalue weighted by Crippen LogP contribution is 2.21. The third-order valence-corrected chi connectivity index (χ3v) is 2.30. The third kappa shape index (κ3) is 3.43. The molecule has 0 fully saturated rings. The van der Waals surface area contributed by atoms with Crippen molar-refractivity contribution >= 4 is 17.3 Å². The van der Waals surface area contributed by atoms with Gasteiger partial charge in [-0.25, -0.2) is 0 Å². The zero-order valence-corrected chi connectivity index (χ0v) is 9.25. The maximum Gasteiger partial charge on any atom is 0.101 e. The van der Waals surface area contributed by atoms with Crippen molar-refractivity contribution < 1.29 is 5.11 Å². The second-order valence-corrected chi connectivity index (χ2v) is 3.80. The molecule has 2 N–H and O–H groups in total. The van der Waals surface area contributed by atoms with E-state index in [0.717, 1.165) is 0 Å². The van der Waals surface area contributed by atoms with Crippen molar-refractivity contribution in [3.05, 3.63) is 28.8 Å². The van der Waals surface area contributed by atoms with Crippen molar-refractivity contribution in [3.63, 3.8) is 0 Å². The molecule has 0 aliphatic rings. The molecule has 4 heteroatoms. The number of hydrogen-bond donors (Lipinski definition) is 2. The van der Waals surface area contributed by atoms with Crippen molar-refractivity contribution in [2.24, 2.45) is 0 Å². The van der Waals surface area contributed by atoms with Crippen LogP contribution in [0.2, 0.25) is 5.02 Å². The Hall–Kier alpha value is -1.24. The van der Waals surface area contributed by atoms with E-state index in [1.165, 1.54) is 0 Å². The number of nitriles is 1. The Balaban J connectivity index is 2.83. The van der Waals surface area contributed by atoms with Crippen LogP contribution >= 0.6 is 11.6 Å². The molecule has 0 amide bonds. The van der Waals surface area contributed by atoms with E-state index >= 15 is 0 Å². The van der Waals surface area contributed by atoms with Gasteiger partial charge in [-0.3, -0.25) is 0 Å². The number of aliphatic hydroxyl groups is 1. The molecule has 0 saturated heterocycles. The van der Waals surface area contributed by atoms with Crippen LogP contribution in [-0.4, -0.2) is 17.8 Å². The number of benzene rings is 1. The minimum absolute atomic E-state index is 0.112. The van der Waals surface area contributed by atoms with Crippen LogP contribution in [0.5, 0.6) is 0 Å². The summed E-state index contributed by atoms with van der Waals surface area (Å²) in [5, 5.41) is 21.4. The van der Waals surface area contributed by atoms with Gasteiger partial charge in [0.05, 0.1) is 11.3 Å². The molecule has 0 aliphatic heterocycles. The van der Waals surface area contributed by atoms with Crippen LogP contribution in [0.15, 0.2) is 18.2 Å². The van der Waals surface area contributed by atoms with Gasteiger partial charge in [0, 0.05) is 17.7 Å². The average molecular weight is 225 g/mol. The molecular weight excluding hydrogens is 212 g/mol. The van der Waals surface area contributed by atoms with E-state index in [1.807, 2.05) is 6.92 Å². The average Bonchev–Trinajstić information content (AvgIpc) is 2.18. The summed E-state index contributed by atoms with van der Waals surface area (Å²) in [5.74, 6) is 0.